The van der Waals surface area contributed by atoms with Gasteiger partial charge in [-0.25, -0.2) is 4.98 Å². The zero-order valence-electron chi connectivity index (χ0n) is 12.1. The van der Waals surface area contributed by atoms with Crippen LogP contribution in [0.4, 0.5) is 5.69 Å². The average Bonchev–Trinajstić information content (AvgIpc) is 2.34. The number of carbonyl (C=O) groups excluding carboxylic acids is 1. The van der Waals surface area contributed by atoms with Gasteiger partial charge in [0, 0.05) is 24.0 Å². The number of hydrogen-bond acceptors (Lipinski definition) is 2. The summed E-state index contributed by atoms with van der Waals surface area (Å²) in [6.45, 7) is 5.85. The maximum absolute atomic E-state index is 12.5. The monoisotopic (exact) mass is 288 g/mol. The van der Waals surface area contributed by atoms with Gasteiger partial charge in [0.2, 0.25) is 0 Å². The molecule has 2 rings (SSSR count). The zero-order chi connectivity index (χ0) is 14.9. The average molecular weight is 289 g/mol. The van der Waals surface area contributed by atoms with Gasteiger partial charge in [-0.3, -0.25) is 4.79 Å². The van der Waals surface area contributed by atoms with Gasteiger partial charge < -0.3 is 4.90 Å². The Hall–Kier alpha value is -1.87. The van der Waals surface area contributed by atoms with Crippen LogP contribution in [-0.4, -0.2) is 17.9 Å². The van der Waals surface area contributed by atoms with Crippen molar-refractivity contribution in [3.63, 3.8) is 0 Å². The second kappa shape index (κ2) is 5.63. The van der Waals surface area contributed by atoms with Crippen molar-refractivity contribution < 1.29 is 4.79 Å². The molecule has 0 radical (unpaired) electrons. The van der Waals surface area contributed by atoms with Gasteiger partial charge in [-0.05, 0) is 56.2 Å². The number of aromatic nitrogens is 1. The Bertz CT molecular complexity index is 627. The molecule has 1 amide bonds. The quantitative estimate of drug-likeness (QED) is 0.784. The summed E-state index contributed by atoms with van der Waals surface area (Å²) in [5.74, 6) is -0.0950. The van der Waals surface area contributed by atoms with Crippen molar-refractivity contribution >= 4 is 23.2 Å². The zero-order valence-corrected chi connectivity index (χ0v) is 12.8. The van der Waals surface area contributed by atoms with Crippen molar-refractivity contribution in [2.24, 2.45) is 0 Å². The molecule has 0 saturated heterocycles. The van der Waals surface area contributed by atoms with Crippen molar-refractivity contribution in [3.05, 3.63) is 57.9 Å². The number of nitrogens with zero attached hydrogens (tertiary/aromatic N) is 2. The largest absolute Gasteiger partial charge is 0.311 e. The second-order valence-corrected chi connectivity index (χ2v) is 5.42. The third-order valence-corrected chi connectivity index (χ3v) is 3.26. The van der Waals surface area contributed by atoms with E-state index < -0.39 is 0 Å². The molecular weight excluding hydrogens is 272 g/mol. The lowest BCUT2D eigenvalue weighted by molar-refractivity contribution is 0.0993. The third kappa shape index (κ3) is 3.17. The van der Waals surface area contributed by atoms with E-state index in [0.29, 0.717) is 10.7 Å². The predicted octanol–water partition coefficient (Wildman–Crippen LogP) is 3.94. The van der Waals surface area contributed by atoms with Gasteiger partial charge >= 0.3 is 0 Å². The lowest BCUT2D eigenvalue weighted by Gasteiger charge is -2.19. The minimum absolute atomic E-state index is 0.0950. The first-order valence-electron chi connectivity index (χ1n) is 6.37. The highest BCUT2D eigenvalue weighted by molar-refractivity contribution is 6.29. The molecule has 2 aromatic rings. The van der Waals surface area contributed by atoms with Crippen LogP contribution in [0.25, 0.3) is 0 Å². The number of amides is 1. The molecule has 20 heavy (non-hydrogen) atoms. The van der Waals surface area contributed by atoms with E-state index in [4.69, 9.17) is 11.6 Å². The van der Waals surface area contributed by atoms with E-state index in [1.807, 2.05) is 32.9 Å². The van der Waals surface area contributed by atoms with Crippen LogP contribution < -0.4 is 4.90 Å². The van der Waals surface area contributed by atoms with Crippen LogP contribution >= 0.6 is 11.6 Å². The molecule has 104 valence electrons. The van der Waals surface area contributed by atoms with Crippen molar-refractivity contribution in [2.75, 3.05) is 11.9 Å². The van der Waals surface area contributed by atoms with Crippen LogP contribution in [0.3, 0.4) is 0 Å². The molecule has 0 aliphatic rings. The van der Waals surface area contributed by atoms with E-state index >= 15 is 0 Å². The van der Waals surface area contributed by atoms with Gasteiger partial charge in [0.05, 0.1) is 0 Å². The summed E-state index contributed by atoms with van der Waals surface area (Å²) < 4.78 is 0. The normalized spacial score (nSPS) is 10.4. The minimum Gasteiger partial charge on any atom is -0.311 e. The van der Waals surface area contributed by atoms with E-state index in [1.165, 1.54) is 0 Å². The minimum atomic E-state index is -0.0950. The number of rotatable bonds is 2. The first kappa shape index (κ1) is 14.5. The predicted molar refractivity (Wildman–Crippen MR) is 82.6 cm³/mol. The third-order valence-electron chi connectivity index (χ3n) is 3.07. The molecule has 0 saturated carbocycles. The summed E-state index contributed by atoms with van der Waals surface area (Å²) in [5, 5.41) is 0.335. The number of anilines is 1. The van der Waals surface area contributed by atoms with Crippen molar-refractivity contribution in [3.8, 4) is 0 Å². The molecule has 0 aliphatic carbocycles. The van der Waals surface area contributed by atoms with Gasteiger partial charge in [0.1, 0.15) is 5.15 Å². The molecule has 0 bridgehead atoms. The number of halogens is 1. The summed E-state index contributed by atoms with van der Waals surface area (Å²) in [5.41, 5.74) is 4.41. The topological polar surface area (TPSA) is 33.2 Å². The summed E-state index contributed by atoms with van der Waals surface area (Å²) in [6.07, 6.45) is 0. The maximum Gasteiger partial charge on any atom is 0.258 e. The van der Waals surface area contributed by atoms with Crippen LogP contribution in [-0.2, 0) is 0 Å². The molecule has 0 unspecified atom stereocenters. The molecule has 4 heteroatoms. The molecule has 1 aromatic heterocycles. The molecule has 3 nitrogen and oxygen atoms in total. The molecule has 0 N–H and O–H groups in total. The Morgan fingerprint density at radius 3 is 2.20 bits per heavy atom. The highest BCUT2D eigenvalue weighted by Gasteiger charge is 2.15. The van der Waals surface area contributed by atoms with E-state index in [9.17, 15) is 4.79 Å². The Balaban J connectivity index is 2.36. The van der Waals surface area contributed by atoms with Crippen molar-refractivity contribution in [1.29, 1.82) is 0 Å². The molecule has 1 aromatic carbocycles. The fourth-order valence-corrected chi connectivity index (χ4v) is 2.46. The Labute approximate surface area is 124 Å². The molecule has 0 fully saturated rings. The summed E-state index contributed by atoms with van der Waals surface area (Å²) in [7, 11) is 1.76. The number of hydrogen-bond donors (Lipinski definition) is 0. The van der Waals surface area contributed by atoms with Crippen LogP contribution in [0.5, 0.6) is 0 Å². The van der Waals surface area contributed by atoms with Gasteiger partial charge in [0.25, 0.3) is 5.91 Å². The smallest absolute Gasteiger partial charge is 0.258 e. The standard InChI is InChI=1S/C16H17ClN2O/c1-10-5-11(2)7-14(6-10)19(4)16(20)13-8-12(3)18-15(17)9-13/h5-9H,1-4H3. The van der Waals surface area contributed by atoms with Gasteiger partial charge in [-0.1, -0.05) is 17.7 Å². The van der Waals surface area contributed by atoms with Gasteiger partial charge in [0.15, 0.2) is 0 Å². The maximum atomic E-state index is 12.5. The van der Waals surface area contributed by atoms with Gasteiger partial charge in [-0.2, -0.15) is 0 Å². The summed E-state index contributed by atoms with van der Waals surface area (Å²) in [6, 6.07) is 9.39. The number of aryl methyl sites for hydroxylation is 3. The highest BCUT2D eigenvalue weighted by Crippen LogP contribution is 2.20. The Morgan fingerprint density at radius 2 is 1.65 bits per heavy atom. The first-order valence-corrected chi connectivity index (χ1v) is 6.75. The molecule has 0 spiro atoms. The fraction of sp³-hybridized carbons (Fsp3) is 0.250. The van der Waals surface area contributed by atoms with E-state index in [0.717, 1.165) is 22.5 Å². The lowest BCUT2D eigenvalue weighted by atomic mass is 10.1. The van der Waals surface area contributed by atoms with E-state index in [2.05, 4.69) is 11.1 Å². The van der Waals surface area contributed by atoms with Gasteiger partial charge in [-0.15, -0.1) is 0 Å². The number of pyridine rings is 1. The molecule has 0 aliphatic heterocycles. The fourth-order valence-electron chi connectivity index (χ4n) is 2.21. The Morgan fingerprint density at radius 1 is 1.05 bits per heavy atom. The summed E-state index contributed by atoms with van der Waals surface area (Å²) >= 11 is 5.91. The number of carbonyl (C=O) groups is 1. The molecular formula is C16H17ClN2O. The van der Waals surface area contributed by atoms with Crippen molar-refractivity contribution in [1.82, 2.24) is 4.98 Å². The van der Waals surface area contributed by atoms with Crippen LogP contribution in [0.15, 0.2) is 30.3 Å². The lowest BCUT2D eigenvalue weighted by Crippen LogP contribution is -2.26. The second-order valence-electron chi connectivity index (χ2n) is 5.03. The Kier molecular flexibility index (Phi) is 4.09. The highest BCUT2D eigenvalue weighted by atomic mass is 35.5. The van der Waals surface area contributed by atoms with Crippen LogP contribution in [0.1, 0.15) is 27.2 Å². The van der Waals surface area contributed by atoms with Crippen LogP contribution in [0.2, 0.25) is 5.15 Å². The molecule has 1 heterocycles. The SMILES string of the molecule is Cc1cc(C)cc(N(C)C(=O)c2cc(C)nc(Cl)c2)c1. The first-order chi connectivity index (χ1) is 9.36. The number of benzene rings is 1. The summed E-state index contributed by atoms with van der Waals surface area (Å²) in [4.78, 5) is 18.2. The molecule has 0 atom stereocenters. The van der Waals surface area contributed by atoms with Crippen molar-refractivity contribution in [2.45, 2.75) is 20.8 Å². The van der Waals surface area contributed by atoms with Crippen LogP contribution in [0, 0.1) is 20.8 Å². The van der Waals surface area contributed by atoms with E-state index in [1.54, 1.807) is 24.1 Å². The van der Waals surface area contributed by atoms with E-state index in [-0.39, 0.29) is 5.91 Å².